The second-order valence-corrected chi connectivity index (χ2v) is 6.00. The van der Waals surface area contributed by atoms with E-state index in [4.69, 9.17) is 14.6 Å². The Bertz CT molecular complexity index is 788. The summed E-state index contributed by atoms with van der Waals surface area (Å²) in [6.45, 7) is 0. The molecule has 0 aliphatic heterocycles. The lowest BCUT2D eigenvalue weighted by Crippen LogP contribution is -2.28. The summed E-state index contributed by atoms with van der Waals surface area (Å²) >= 11 is 0. The van der Waals surface area contributed by atoms with Crippen LogP contribution in [0.5, 0.6) is 5.75 Å². The fourth-order valence-corrected chi connectivity index (χ4v) is 2.64. The summed E-state index contributed by atoms with van der Waals surface area (Å²) in [5.74, 6) is -0.933. The van der Waals surface area contributed by atoms with Gasteiger partial charge in [-0.15, -0.1) is 0 Å². The smallest absolute Gasteiger partial charge is 0.412 e. The topological polar surface area (TPSA) is 105 Å². The summed E-state index contributed by atoms with van der Waals surface area (Å²) in [6, 6.07) is 15.2. The molecule has 0 unspecified atom stereocenters. The number of carboxylic acids is 1. The zero-order valence-corrected chi connectivity index (χ0v) is 15.4. The Morgan fingerprint density at radius 1 is 1.11 bits per heavy atom. The van der Waals surface area contributed by atoms with Gasteiger partial charge in [-0.25, -0.2) is 9.59 Å². The number of carboxylic acid groups (broad SMARTS) is 1. The fourth-order valence-electron chi connectivity index (χ4n) is 2.64. The van der Waals surface area contributed by atoms with Crippen LogP contribution in [0.25, 0.3) is 0 Å². The van der Waals surface area contributed by atoms with E-state index in [1.165, 1.54) is 25.3 Å². The summed E-state index contributed by atoms with van der Waals surface area (Å²) in [4.78, 5) is 23.0. The molecule has 0 radical (unpaired) electrons. The fraction of sp³-hybridized carbons (Fsp3) is 0.238. The molecule has 7 heteroatoms. The van der Waals surface area contributed by atoms with Crippen molar-refractivity contribution in [2.24, 2.45) is 0 Å². The number of carbonyl (C=O) groups is 2. The summed E-state index contributed by atoms with van der Waals surface area (Å²) < 4.78 is 11.1. The van der Waals surface area contributed by atoms with Gasteiger partial charge in [-0.2, -0.15) is 0 Å². The average Bonchev–Trinajstić information content (AvgIpc) is 2.68. The van der Waals surface area contributed by atoms with E-state index in [2.05, 4.69) is 5.32 Å². The highest BCUT2D eigenvalue weighted by Crippen LogP contribution is 2.28. The van der Waals surface area contributed by atoms with Gasteiger partial charge in [-0.05, 0) is 42.7 Å². The molecule has 7 nitrogen and oxygen atoms in total. The third-order valence-corrected chi connectivity index (χ3v) is 3.99. The van der Waals surface area contributed by atoms with Crippen molar-refractivity contribution in [1.29, 1.82) is 0 Å². The van der Waals surface area contributed by atoms with Gasteiger partial charge < -0.3 is 19.7 Å². The molecule has 0 saturated heterocycles. The van der Waals surface area contributed by atoms with Crippen LogP contribution in [-0.2, 0) is 14.3 Å². The van der Waals surface area contributed by atoms with Crippen molar-refractivity contribution in [1.82, 2.24) is 0 Å². The molecule has 3 N–H and O–H groups in total. The maximum atomic E-state index is 12.4. The highest BCUT2D eigenvalue weighted by molar-refractivity contribution is 5.84. The van der Waals surface area contributed by atoms with Crippen LogP contribution in [-0.4, -0.2) is 35.5 Å². The van der Waals surface area contributed by atoms with Gasteiger partial charge in [0, 0.05) is 18.9 Å². The standard InChI is InChI=1S/C21H23NO6/c1-27-18(9-5-6-10-19(24)25)20(15-11-13-17(23)14-12-15)28-21(26)22-16-7-3-2-4-8-16/h2-4,6-8,10-14,18,20,23H,5,9H2,1H3,(H,22,26)(H,24,25)/b10-6+/t18-,20-/m0/s1. The monoisotopic (exact) mass is 385 g/mol. The number of phenolic OH excluding ortho intramolecular Hbond substituents is 1. The van der Waals surface area contributed by atoms with E-state index in [-0.39, 0.29) is 5.75 Å². The predicted octanol–water partition coefficient (Wildman–Crippen LogP) is 4.12. The molecule has 0 heterocycles. The van der Waals surface area contributed by atoms with Gasteiger partial charge in [0.15, 0.2) is 6.10 Å². The molecular formula is C21H23NO6. The number of ether oxygens (including phenoxy) is 2. The van der Waals surface area contributed by atoms with Crippen LogP contribution in [0.4, 0.5) is 10.5 Å². The van der Waals surface area contributed by atoms with Crippen molar-refractivity contribution in [2.75, 3.05) is 12.4 Å². The molecule has 148 valence electrons. The molecule has 2 rings (SSSR count). The molecule has 0 bridgehead atoms. The first-order valence-electron chi connectivity index (χ1n) is 8.73. The van der Waals surface area contributed by atoms with E-state index in [9.17, 15) is 14.7 Å². The molecule has 0 saturated carbocycles. The summed E-state index contributed by atoms with van der Waals surface area (Å²) in [5, 5.41) is 20.9. The second kappa shape index (κ2) is 10.7. The minimum atomic E-state index is -1.03. The SMILES string of the molecule is CO[C@@H](CC/C=C/C(=O)O)[C@@H](OC(=O)Nc1ccccc1)c1ccc(O)cc1. The van der Waals surface area contributed by atoms with Crippen LogP contribution in [0.1, 0.15) is 24.5 Å². The Hall–Kier alpha value is -3.32. The number of allylic oxidation sites excluding steroid dienone is 1. The first-order valence-corrected chi connectivity index (χ1v) is 8.73. The Labute approximate surface area is 163 Å². The minimum Gasteiger partial charge on any atom is -0.508 e. The van der Waals surface area contributed by atoms with Crippen molar-refractivity contribution in [3.63, 3.8) is 0 Å². The lowest BCUT2D eigenvalue weighted by Gasteiger charge is -2.26. The number of phenols is 1. The number of nitrogens with one attached hydrogen (secondary N) is 1. The predicted molar refractivity (Wildman–Crippen MR) is 104 cm³/mol. The average molecular weight is 385 g/mol. The highest BCUT2D eigenvalue weighted by atomic mass is 16.6. The number of benzene rings is 2. The lowest BCUT2D eigenvalue weighted by atomic mass is 10.00. The first-order chi connectivity index (χ1) is 13.5. The quantitative estimate of drug-likeness (QED) is 0.561. The summed E-state index contributed by atoms with van der Waals surface area (Å²) in [6.07, 6.45) is 1.55. The van der Waals surface area contributed by atoms with Gasteiger partial charge in [0.1, 0.15) is 5.75 Å². The summed E-state index contributed by atoms with van der Waals surface area (Å²) in [7, 11) is 1.50. The Morgan fingerprint density at radius 2 is 1.79 bits per heavy atom. The van der Waals surface area contributed by atoms with E-state index in [0.29, 0.717) is 24.1 Å². The summed E-state index contributed by atoms with van der Waals surface area (Å²) in [5.41, 5.74) is 1.24. The van der Waals surface area contributed by atoms with Crippen LogP contribution < -0.4 is 5.32 Å². The highest BCUT2D eigenvalue weighted by Gasteiger charge is 2.27. The molecule has 2 aromatic carbocycles. The van der Waals surface area contributed by atoms with E-state index in [0.717, 1.165) is 6.08 Å². The van der Waals surface area contributed by atoms with Gasteiger partial charge in [0.05, 0.1) is 6.10 Å². The van der Waals surface area contributed by atoms with Crippen LogP contribution in [0, 0.1) is 0 Å². The van der Waals surface area contributed by atoms with Gasteiger partial charge in [-0.3, -0.25) is 5.32 Å². The van der Waals surface area contributed by atoms with Crippen LogP contribution in [0.3, 0.4) is 0 Å². The third kappa shape index (κ3) is 6.77. The largest absolute Gasteiger partial charge is 0.508 e. The number of aromatic hydroxyl groups is 1. The lowest BCUT2D eigenvalue weighted by molar-refractivity contribution is -0.131. The van der Waals surface area contributed by atoms with Gasteiger partial charge in [0.25, 0.3) is 0 Å². The first kappa shape index (κ1) is 21.0. The molecule has 2 atom stereocenters. The van der Waals surface area contributed by atoms with Crippen LogP contribution >= 0.6 is 0 Å². The zero-order valence-electron chi connectivity index (χ0n) is 15.4. The molecular weight excluding hydrogens is 362 g/mol. The number of anilines is 1. The second-order valence-electron chi connectivity index (χ2n) is 6.00. The van der Waals surface area contributed by atoms with Crippen molar-refractivity contribution >= 4 is 17.7 Å². The van der Waals surface area contributed by atoms with Crippen LogP contribution in [0.2, 0.25) is 0 Å². The van der Waals surface area contributed by atoms with Crippen molar-refractivity contribution in [3.8, 4) is 5.75 Å². The number of aliphatic carboxylic acids is 1. The van der Waals surface area contributed by atoms with E-state index < -0.39 is 24.3 Å². The number of methoxy groups -OCH3 is 1. The number of hydrogen-bond donors (Lipinski definition) is 3. The van der Waals surface area contributed by atoms with Crippen molar-refractivity contribution in [3.05, 3.63) is 72.3 Å². The number of para-hydroxylation sites is 1. The molecule has 0 aliphatic rings. The van der Waals surface area contributed by atoms with E-state index >= 15 is 0 Å². The van der Waals surface area contributed by atoms with E-state index in [1.54, 1.807) is 36.4 Å². The van der Waals surface area contributed by atoms with Gasteiger partial charge in [0.2, 0.25) is 0 Å². The van der Waals surface area contributed by atoms with Crippen LogP contribution in [0.15, 0.2) is 66.7 Å². The van der Waals surface area contributed by atoms with Gasteiger partial charge >= 0.3 is 12.1 Å². The molecule has 2 aromatic rings. The van der Waals surface area contributed by atoms with Crippen molar-refractivity contribution < 1.29 is 29.3 Å². The number of amides is 1. The molecule has 0 fully saturated rings. The number of rotatable bonds is 9. The minimum absolute atomic E-state index is 0.0922. The van der Waals surface area contributed by atoms with Crippen molar-refractivity contribution in [2.45, 2.75) is 25.0 Å². The van der Waals surface area contributed by atoms with E-state index in [1.807, 2.05) is 6.07 Å². The Balaban J connectivity index is 2.14. The Kier molecular flexibility index (Phi) is 8.05. The molecule has 1 amide bonds. The molecule has 0 aliphatic carbocycles. The molecule has 0 aromatic heterocycles. The zero-order chi connectivity index (χ0) is 20.4. The normalized spacial score (nSPS) is 13.0. The Morgan fingerprint density at radius 3 is 2.39 bits per heavy atom. The number of hydrogen-bond acceptors (Lipinski definition) is 5. The molecule has 28 heavy (non-hydrogen) atoms. The van der Waals surface area contributed by atoms with Gasteiger partial charge in [-0.1, -0.05) is 36.4 Å². The number of carbonyl (C=O) groups excluding carboxylic acids is 1. The third-order valence-electron chi connectivity index (χ3n) is 3.99. The maximum absolute atomic E-state index is 12.4. The maximum Gasteiger partial charge on any atom is 0.412 e. The molecule has 0 spiro atoms.